The molecule has 3 aromatic rings. The smallest absolute Gasteiger partial charge is 0.155 e. The third-order valence-corrected chi connectivity index (χ3v) is 2.60. The Morgan fingerprint density at radius 3 is 3.06 bits per heavy atom. The van der Waals surface area contributed by atoms with Crippen LogP contribution in [0.1, 0.15) is 8.30 Å². The van der Waals surface area contributed by atoms with Crippen molar-refractivity contribution in [3.8, 4) is 11.1 Å². The zero-order chi connectivity index (χ0) is 13.5. The second kappa shape index (κ2) is 3.99. The molecule has 2 aromatic heterocycles. The normalized spacial score (nSPS) is 13.5. The van der Waals surface area contributed by atoms with Crippen molar-refractivity contribution >= 4 is 5.65 Å². The summed E-state index contributed by atoms with van der Waals surface area (Å²) in [5, 5.41) is 13.5. The van der Waals surface area contributed by atoms with Gasteiger partial charge in [0.15, 0.2) is 5.65 Å². The Balaban J connectivity index is 2.10. The van der Waals surface area contributed by atoms with Crippen LogP contribution in [0.5, 0.6) is 0 Å². The van der Waals surface area contributed by atoms with Crippen molar-refractivity contribution in [1.82, 2.24) is 14.6 Å². The molecule has 1 aromatic carbocycles. The van der Waals surface area contributed by atoms with Crippen molar-refractivity contribution in [1.29, 1.82) is 0 Å². The van der Waals surface area contributed by atoms with Gasteiger partial charge in [-0.3, -0.25) is 0 Å². The van der Waals surface area contributed by atoms with Crippen LogP contribution in [0.25, 0.3) is 16.8 Å². The molecule has 2 heterocycles. The molecule has 4 nitrogen and oxygen atoms in total. The zero-order valence-corrected chi connectivity index (χ0v) is 8.91. The third kappa shape index (κ3) is 1.79. The van der Waals surface area contributed by atoms with Crippen LogP contribution >= 0.6 is 0 Å². The third-order valence-electron chi connectivity index (χ3n) is 2.60. The van der Waals surface area contributed by atoms with Gasteiger partial charge in [0, 0.05) is 11.8 Å². The fraction of sp³-hybridized carbons (Fsp3) is 0.0769. The van der Waals surface area contributed by atoms with E-state index in [2.05, 4.69) is 10.1 Å². The minimum atomic E-state index is -2.34. The maximum Gasteiger partial charge on any atom is 0.155 e. The number of pyridine rings is 1. The summed E-state index contributed by atoms with van der Waals surface area (Å²) in [5.74, 6) is 0. The van der Waals surface area contributed by atoms with Crippen molar-refractivity contribution in [2.24, 2.45) is 0 Å². The summed E-state index contributed by atoms with van der Waals surface area (Å²) >= 11 is 0. The van der Waals surface area contributed by atoms with E-state index in [9.17, 15) is 5.11 Å². The van der Waals surface area contributed by atoms with E-state index in [1.807, 2.05) is 24.4 Å². The summed E-state index contributed by atoms with van der Waals surface area (Å²) < 4.78 is 16.3. The highest BCUT2D eigenvalue weighted by atomic mass is 16.3. The predicted molar refractivity (Wildman–Crippen MR) is 64.3 cm³/mol. The molecule has 0 atom stereocenters. The van der Waals surface area contributed by atoms with Crippen molar-refractivity contribution in [2.45, 2.75) is 6.56 Å². The van der Waals surface area contributed by atoms with Crippen LogP contribution < -0.4 is 0 Å². The molecular weight excluding hydrogens is 214 g/mol. The first-order chi connectivity index (χ1) is 9.04. The van der Waals surface area contributed by atoms with Crippen molar-refractivity contribution in [2.75, 3.05) is 0 Å². The monoisotopic (exact) mass is 227 g/mol. The summed E-state index contributed by atoms with van der Waals surface area (Å²) in [4.78, 5) is 4.06. The highest BCUT2D eigenvalue weighted by molar-refractivity contribution is 5.65. The molecule has 0 aliphatic heterocycles. The number of hydrogen-bond donors (Lipinski definition) is 1. The van der Waals surface area contributed by atoms with Gasteiger partial charge in [0.05, 0.1) is 9.30 Å². The van der Waals surface area contributed by atoms with E-state index in [0.717, 1.165) is 16.8 Å². The first-order valence-corrected chi connectivity index (χ1v) is 5.17. The lowest BCUT2D eigenvalue weighted by Crippen LogP contribution is -1.89. The van der Waals surface area contributed by atoms with E-state index in [4.69, 9.17) is 2.74 Å². The average Bonchev–Trinajstić information content (AvgIpc) is 2.85. The first kappa shape index (κ1) is 7.97. The van der Waals surface area contributed by atoms with E-state index in [1.165, 1.54) is 6.33 Å². The number of aliphatic hydroxyl groups is 1. The number of hydrogen-bond acceptors (Lipinski definition) is 3. The average molecular weight is 227 g/mol. The van der Waals surface area contributed by atoms with Gasteiger partial charge in [0.1, 0.15) is 6.33 Å². The van der Waals surface area contributed by atoms with E-state index < -0.39 is 6.56 Å². The molecule has 17 heavy (non-hydrogen) atoms. The van der Waals surface area contributed by atoms with E-state index >= 15 is 0 Å². The van der Waals surface area contributed by atoms with Crippen LogP contribution in [-0.4, -0.2) is 19.7 Å². The lowest BCUT2D eigenvalue weighted by molar-refractivity contribution is 0.282. The van der Waals surface area contributed by atoms with Crippen LogP contribution in [-0.2, 0) is 6.56 Å². The summed E-state index contributed by atoms with van der Waals surface area (Å²) in [6.45, 7) is -2.34. The molecule has 84 valence electrons. The molecule has 0 bridgehead atoms. The van der Waals surface area contributed by atoms with Crippen molar-refractivity contribution < 1.29 is 7.85 Å². The maximum atomic E-state index is 9.40. The minimum absolute atomic E-state index is 0.226. The Morgan fingerprint density at radius 2 is 2.18 bits per heavy atom. The molecule has 0 aliphatic carbocycles. The molecule has 3 rings (SSSR count). The Bertz CT molecular complexity index is 734. The van der Waals surface area contributed by atoms with Crippen LogP contribution in [0.2, 0.25) is 0 Å². The number of aromatic nitrogens is 3. The van der Waals surface area contributed by atoms with Gasteiger partial charge in [-0.05, 0) is 29.3 Å². The van der Waals surface area contributed by atoms with E-state index in [-0.39, 0.29) is 5.56 Å². The molecular formula is C13H11N3O. The Hall–Kier alpha value is -2.20. The van der Waals surface area contributed by atoms with Crippen LogP contribution in [0.3, 0.4) is 0 Å². The summed E-state index contributed by atoms with van der Waals surface area (Å²) in [5.41, 5.74) is 2.66. The largest absolute Gasteiger partial charge is 0.392 e. The lowest BCUT2D eigenvalue weighted by atomic mass is 10.1. The first-order valence-electron chi connectivity index (χ1n) is 6.17. The molecule has 0 spiro atoms. The van der Waals surface area contributed by atoms with Gasteiger partial charge in [0.25, 0.3) is 0 Å². The number of benzene rings is 1. The van der Waals surface area contributed by atoms with Gasteiger partial charge in [-0.2, -0.15) is 5.10 Å². The Morgan fingerprint density at radius 1 is 1.24 bits per heavy atom. The van der Waals surface area contributed by atoms with E-state index in [1.54, 1.807) is 22.7 Å². The highest BCUT2D eigenvalue weighted by Crippen LogP contribution is 2.20. The second-order valence-electron chi connectivity index (χ2n) is 3.67. The fourth-order valence-corrected chi connectivity index (χ4v) is 1.76. The van der Waals surface area contributed by atoms with Gasteiger partial charge in [-0.15, -0.1) is 0 Å². The molecule has 4 heteroatoms. The maximum absolute atomic E-state index is 9.40. The number of fused-ring (bicyclic) bond motifs is 1. The number of nitrogens with zero attached hydrogens (tertiary/aromatic N) is 3. The predicted octanol–water partition coefficient (Wildman–Crippen LogP) is 1.89. The standard InChI is InChI=1S/C13H11N3O/c17-8-10-2-1-3-11(6-10)12-4-5-13-14-9-15-16(13)7-12/h1-7,9,17H,8H2/i8D2. The molecule has 1 N–H and O–H groups in total. The summed E-state index contributed by atoms with van der Waals surface area (Å²) in [6, 6.07) is 10.5. The molecule has 0 fully saturated rings. The minimum Gasteiger partial charge on any atom is -0.392 e. The Labute approximate surface area is 101 Å². The molecule has 0 unspecified atom stereocenters. The highest BCUT2D eigenvalue weighted by Gasteiger charge is 2.01. The topological polar surface area (TPSA) is 50.4 Å². The van der Waals surface area contributed by atoms with Gasteiger partial charge < -0.3 is 5.11 Å². The quantitative estimate of drug-likeness (QED) is 0.727. The number of rotatable bonds is 2. The SMILES string of the molecule is [2H]C([2H])(O)c1cccc(-c2ccc3ncnn3c2)c1. The van der Waals surface area contributed by atoms with Crippen molar-refractivity contribution in [3.63, 3.8) is 0 Å². The van der Waals surface area contributed by atoms with Gasteiger partial charge >= 0.3 is 0 Å². The van der Waals surface area contributed by atoms with Crippen LogP contribution in [0.4, 0.5) is 0 Å². The molecule has 0 aliphatic rings. The summed E-state index contributed by atoms with van der Waals surface area (Å²) in [6.07, 6.45) is 3.29. The van der Waals surface area contributed by atoms with Crippen LogP contribution in [0, 0.1) is 0 Å². The van der Waals surface area contributed by atoms with Gasteiger partial charge in [-0.25, -0.2) is 9.50 Å². The molecule has 0 amide bonds. The second-order valence-corrected chi connectivity index (χ2v) is 3.67. The molecule has 0 saturated carbocycles. The fourth-order valence-electron chi connectivity index (χ4n) is 1.76. The van der Waals surface area contributed by atoms with Gasteiger partial charge in [0.2, 0.25) is 0 Å². The van der Waals surface area contributed by atoms with Crippen LogP contribution in [0.15, 0.2) is 48.9 Å². The molecule has 0 radical (unpaired) electrons. The van der Waals surface area contributed by atoms with E-state index in [0.29, 0.717) is 0 Å². The zero-order valence-electron chi connectivity index (χ0n) is 10.9. The van der Waals surface area contributed by atoms with Gasteiger partial charge in [-0.1, -0.05) is 18.2 Å². The Kier molecular flexibility index (Phi) is 1.87. The molecule has 0 saturated heterocycles. The lowest BCUT2D eigenvalue weighted by Gasteiger charge is -2.04. The van der Waals surface area contributed by atoms with Crippen molar-refractivity contribution in [3.05, 3.63) is 54.5 Å². The summed E-state index contributed by atoms with van der Waals surface area (Å²) in [7, 11) is 0.